The maximum Gasteiger partial charge on any atom is 0.126 e. The molecule has 3 heteroatoms. The van der Waals surface area contributed by atoms with Gasteiger partial charge in [0.1, 0.15) is 5.82 Å². The van der Waals surface area contributed by atoms with Gasteiger partial charge >= 0.3 is 0 Å². The van der Waals surface area contributed by atoms with Crippen molar-refractivity contribution in [3.8, 4) is 0 Å². The van der Waals surface area contributed by atoms with Crippen LogP contribution >= 0.6 is 0 Å². The van der Waals surface area contributed by atoms with Crippen molar-refractivity contribution in [2.75, 3.05) is 11.9 Å². The highest BCUT2D eigenvalue weighted by molar-refractivity contribution is 5.41. The summed E-state index contributed by atoms with van der Waals surface area (Å²) in [5.74, 6) is 0.969. The summed E-state index contributed by atoms with van der Waals surface area (Å²) < 4.78 is 0. The monoisotopic (exact) mass is 233 g/mol. The van der Waals surface area contributed by atoms with Crippen molar-refractivity contribution in [2.45, 2.75) is 46.1 Å². The van der Waals surface area contributed by atoms with Gasteiger partial charge in [-0.2, -0.15) is 0 Å². The van der Waals surface area contributed by atoms with Crippen molar-refractivity contribution < 1.29 is 0 Å². The quantitative estimate of drug-likeness (QED) is 0.842. The molecule has 2 rings (SSSR count). The van der Waals surface area contributed by atoms with Crippen molar-refractivity contribution in [2.24, 2.45) is 11.1 Å². The number of nitrogens with one attached hydrogen (secondary N) is 1. The lowest BCUT2D eigenvalue weighted by molar-refractivity contribution is 0.345. The lowest BCUT2D eigenvalue weighted by Crippen LogP contribution is -2.40. The number of pyridine rings is 1. The maximum atomic E-state index is 5.83. The number of nitrogens with zero attached hydrogens (tertiary/aromatic N) is 1. The SMILES string of the molecule is CC(C)(C)C(CN)Nc1ccc2c(n1)CCC2. The second-order valence-electron chi connectivity index (χ2n) is 5.95. The van der Waals surface area contributed by atoms with E-state index in [1.807, 2.05) is 0 Å². The van der Waals surface area contributed by atoms with Crippen LogP contribution in [0.3, 0.4) is 0 Å². The van der Waals surface area contributed by atoms with Gasteiger partial charge in [0, 0.05) is 18.3 Å². The fourth-order valence-corrected chi connectivity index (χ4v) is 2.31. The van der Waals surface area contributed by atoms with Gasteiger partial charge in [-0.25, -0.2) is 4.98 Å². The fraction of sp³-hybridized carbons (Fsp3) is 0.643. The average molecular weight is 233 g/mol. The van der Waals surface area contributed by atoms with Gasteiger partial charge in [0.15, 0.2) is 0 Å². The number of fused-ring (bicyclic) bond motifs is 1. The maximum absolute atomic E-state index is 5.83. The van der Waals surface area contributed by atoms with Crippen LogP contribution in [0.15, 0.2) is 12.1 Å². The molecule has 0 amide bonds. The van der Waals surface area contributed by atoms with Crippen molar-refractivity contribution in [1.29, 1.82) is 0 Å². The fourth-order valence-electron chi connectivity index (χ4n) is 2.31. The molecule has 1 atom stereocenters. The molecule has 1 unspecified atom stereocenters. The lowest BCUT2D eigenvalue weighted by Gasteiger charge is -2.30. The molecule has 0 spiro atoms. The third-order valence-electron chi connectivity index (χ3n) is 3.53. The Morgan fingerprint density at radius 3 is 2.76 bits per heavy atom. The van der Waals surface area contributed by atoms with E-state index in [1.54, 1.807) is 0 Å². The van der Waals surface area contributed by atoms with Gasteiger partial charge in [0.05, 0.1) is 0 Å². The van der Waals surface area contributed by atoms with E-state index >= 15 is 0 Å². The second kappa shape index (κ2) is 4.65. The molecule has 0 bridgehead atoms. The van der Waals surface area contributed by atoms with Gasteiger partial charge in [-0.05, 0) is 36.3 Å². The highest BCUT2D eigenvalue weighted by Crippen LogP contribution is 2.25. The van der Waals surface area contributed by atoms with Crippen molar-refractivity contribution in [1.82, 2.24) is 4.98 Å². The number of hydrogen-bond acceptors (Lipinski definition) is 3. The Balaban J connectivity index is 2.13. The van der Waals surface area contributed by atoms with Crippen molar-refractivity contribution >= 4 is 5.82 Å². The molecule has 0 aliphatic heterocycles. The number of anilines is 1. The predicted octanol–water partition coefficient (Wildman–Crippen LogP) is 2.36. The molecule has 0 aromatic carbocycles. The van der Waals surface area contributed by atoms with E-state index in [4.69, 9.17) is 5.73 Å². The van der Waals surface area contributed by atoms with Gasteiger partial charge in [-0.15, -0.1) is 0 Å². The summed E-state index contributed by atoms with van der Waals surface area (Å²) in [6, 6.07) is 4.54. The van der Waals surface area contributed by atoms with Gasteiger partial charge < -0.3 is 11.1 Å². The van der Waals surface area contributed by atoms with E-state index in [0.29, 0.717) is 6.54 Å². The smallest absolute Gasteiger partial charge is 0.126 e. The molecule has 3 N–H and O–H groups in total. The molecule has 1 aromatic heterocycles. The van der Waals surface area contributed by atoms with Crippen LogP contribution in [-0.2, 0) is 12.8 Å². The second-order valence-corrected chi connectivity index (χ2v) is 5.95. The van der Waals surface area contributed by atoms with Crippen LogP contribution < -0.4 is 11.1 Å². The summed E-state index contributed by atoms with van der Waals surface area (Å²) in [6.45, 7) is 7.23. The Labute approximate surface area is 104 Å². The molecule has 1 aliphatic carbocycles. The molecule has 1 aliphatic rings. The molecule has 1 aromatic rings. The third-order valence-corrected chi connectivity index (χ3v) is 3.53. The normalized spacial score (nSPS) is 16.7. The summed E-state index contributed by atoms with van der Waals surface area (Å²) >= 11 is 0. The first-order valence-corrected chi connectivity index (χ1v) is 6.46. The summed E-state index contributed by atoms with van der Waals surface area (Å²) in [5, 5.41) is 3.46. The zero-order valence-electron chi connectivity index (χ0n) is 11.1. The summed E-state index contributed by atoms with van der Waals surface area (Å²) in [7, 11) is 0. The first-order valence-electron chi connectivity index (χ1n) is 6.46. The van der Waals surface area contributed by atoms with E-state index in [-0.39, 0.29) is 11.5 Å². The van der Waals surface area contributed by atoms with Crippen molar-refractivity contribution in [3.63, 3.8) is 0 Å². The summed E-state index contributed by atoms with van der Waals surface area (Å²) in [5.41, 5.74) is 8.65. The van der Waals surface area contributed by atoms with Crippen LogP contribution in [0.2, 0.25) is 0 Å². The molecule has 94 valence electrons. The molecular formula is C14H23N3. The molecular weight excluding hydrogens is 210 g/mol. The van der Waals surface area contributed by atoms with E-state index < -0.39 is 0 Å². The first kappa shape index (κ1) is 12.4. The van der Waals surface area contributed by atoms with Crippen LogP contribution in [0.5, 0.6) is 0 Å². The van der Waals surface area contributed by atoms with Crippen LogP contribution in [0.4, 0.5) is 5.82 Å². The van der Waals surface area contributed by atoms with Gasteiger partial charge in [0.25, 0.3) is 0 Å². The standard InChI is InChI=1S/C14H23N3/c1-14(2,3)12(9-15)17-13-8-7-10-5-4-6-11(10)16-13/h7-8,12H,4-6,9,15H2,1-3H3,(H,16,17). The van der Waals surface area contributed by atoms with Gasteiger partial charge in [0.2, 0.25) is 0 Å². The zero-order chi connectivity index (χ0) is 12.5. The number of aryl methyl sites for hydroxylation is 2. The minimum Gasteiger partial charge on any atom is -0.366 e. The summed E-state index contributed by atoms with van der Waals surface area (Å²) in [6.07, 6.45) is 3.54. The highest BCUT2D eigenvalue weighted by atomic mass is 15.0. The van der Waals surface area contributed by atoms with Crippen LogP contribution in [0, 0.1) is 5.41 Å². The number of hydrogen-bond donors (Lipinski definition) is 2. The lowest BCUT2D eigenvalue weighted by atomic mass is 9.87. The first-order chi connectivity index (χ1) is 8.00. The third kappa shape index (κ3) is 2.78. The molecule has 0 radical (unpaired) electrons. The predicted molar refractivity (Wildman–Crippen MR) is 72.2 cm³/mol. The van der Waals surface area contributed by atoms with E-state index in [0.717, 1.165) is 12.2 Å². The van der Waals surface area contributed by atoms with Crippen LogP contribution in [0.1, 0.15) is 38.4 Å². The van der Waals surface area contributed by atoms with E-state index in [1.165, 1.54) is 24.1 Å². The van der Waals surface area contributed by atoms with E-state index in [9.17, 15) is 0 Å². The van der Waals surface area contributed by atoms with Crippen molar-refractivity contribution in [3.05, 3.63) is 23.4 Å². The Hall–Kier alpha value is -1.09. The molecule has 0 saturated carbocycles. The Bertz CT molecular complexity index is 393. The molecule has 1 heterocycles. The minimum atomic E-state index is 0.148. The Morgan fingerprint density at radius 2 is 2.12 bits per heavy atom. The molecule has 3 nitrogen and oxygen atoms in total. The minimum absolute atomic E-state index is 0.148. The van der Waals surface area contributed by atoms with Crippen LogP contribution in [0.25, 0.3) is 0 Å². The summed E-state index contributed by atoms with van der Waals surface area (Å²) in [4.78, 5) is 4.69. The van der Waals surface area contributed by atoms with E-state index in [2.05, 4.69) is 43.2 Å². The largest absolute Gasteiger partial charge is 0.366 e. The average Bonchev–Trinajstić information content (AvgIpc) is 2.71. The number of aromatic nitrogens is 1. The van der Waals surface area contributed by atoms with Crippen LogP contribution in [-0.4, -0.2) is 17.6 Å². The topological polar surface area (TPSA) is 50.9 Å². The Kier molecular flexibility index (Phi) is 3.38. The molecule has 0 fully saturated rings. The Morgan fingerprint density at radius 1 is 1.35 bits per heavy atom. The molecule has 17 heavy (non-hydrogen) atoms. The molecule has 0 saturated heterocycles. The number of nitrogens with two attached hydrogens (primary N) is 1. The van der Waals surface area contributed by atoms with Gasteiger partial charge in [-0.1, -0.05) is 26.8 Å². The zero-order valence-corrected chi connectivity index (χ0v) is 11.1. The van der Waals surface area contributed by atoms with Gasteiger partial charge in [-0.3, -0.25) is 0 Å². The number of rotatable bonds is 3. The highest BCUT2D eigenvalue weighted by Gasteiger charge is 2.23.